The molecule has 0 aromatic heterocycles. The minimum atomic E-state index is -0.590. The number of aliphatic imine (C=N–C) groups is 1. The summed E-state index contributed by atoms with van der Waals surface area (Å²) in [6.45, 7) is 1.96. The molecular weight excluding hydrogens is 460 g/mol. The Balaban J connectivity index is 1.54. The highest BCUT2D eigenvalue weighted by Crippen LogP contribution is 2.33. The molecule has 8 heteroatoms. The van der Waals surface area contributed by atoms with Crippen molar-refractivity contribution in [2.45, 2.75) is 6.92 Å². The van der Waals surface area contributed by atoms with E-state index in [4.69, 9.17) is 21.1 Å². The third-order valence-corrected chi connectivity index (χ3v) is 6.01. The second kappa shape index (κ2) is 9.94. The van der Waals surface area contributed by atoms with Crippen molar-refractivity contribution >= 4 is 52.2 Å². The molecule has 1 saturated heterocycles. The van der Waals surface area contributed by atoms with E-state index in [1.54, 1.807) is 48.5 Å². The van der Waals surface area contributed by atoms with Gasteiger partial charge in [0, 0.05) is 0 Å². The number of amides is 1. The molecule has 166 valence electrons. The van der Waals surface area contributed by atoms with Gasteiger partial charge in [-0.15, -0.1) is 0 Å². The van der Waals surface area contributed by atoms with Crippen molar-refractivity contribution in [3.63, 3.8) is 0 Å². The minimum Gasteiger partial charge on any atom is -0.493 e. The second-order valence-electron chi connectivity index (χ2n) is 7.05. The van der Waals surface area contributed by atoms with E-state index in [1.165, 1.54) is 18.9 Å². The van der Waals surface area contributed by atoms with Crippen LogP contribution in [0.1, 0.15) is 21.5 Å². The normalized spacial score (nSPS) is 15.5. The molecule has 3 aromatic carbocycles. The van der Waals surface area contributed by atoms with Crippen molar-refractivity contribution in [1.29, 1.82) is 0 Å². The number of hydrogen-bond donors (Lipinski definition) is 1. The van der Waals surface area contributed by atoms with Gasteiger partial charge in [0.05, 0.1) is 28.3 Å². The number of nitrogens with zero attached hydrogens (tertiary/aromatic N) is 1. The summed E-state index contributed by atoms with van der Waals surface area (Å²) in [6.07, 6.45) is 1.72. The predicted octanol–water partition coefficient (Wildman–Crippen LogP) is 5.77. The van der Waals surface area contributed by atoms with Crippen LogP contribution in [0.5, 0.6) is 11.5 Å². The molecule has 0 unspecified atom stereocenters. The van der Waals surface area contributed by atoms with Gasteiger partial charge < -0.3 is 14.8 Å². The zero-order chi connectivity index (χ0) is 23.4. The molecule has 1 N–H and O–H groups in total. The quantitative estimate of drug-likeness (QED) is 0.286. The average molecular weight is 479 g/mol. The van der Waals surface area contributed by atoms with Crippen molar-refractivity contribution in [2.75, 3.05) is 7.11 Å². The van der Waals surface area contributed by atoms with Crippen LogP contribution >= 0.6 is 23.4 Å². The first-order valence-electron chi connectivity index (χ1n) is 9.94. The van der Waals surface area contributed by atoms with Gasteiger partial charge in [0.2, 0.25) is 0 Å². The van der Waals surface area contributed by atoms with Crippen molar-refractivity contribution in [2.24, 2.45) is 4.99 Å². The maximum absolute atomic E-state index is 12.5. The third kappa shape index (κ3) is 5.27. The summed E-state index contributed by atoms with van der Waals surface area (Å²) < 4.78 is 10.9. The highest BCUT2D eigenvalue weighted by molar-refractivity contribution is 8.18. The lowest BCUT2D eigenvalue weighted by Gasteiger charge is -2.10. The molecule has 1 heterocycles. The van der Waals surface area contributed by atoms with Crippen molar-refractivity contribution in [3.8, 4) is 11.5 Å². The van der Waals surface area contributed by atoms with Crippen LogP contribution in [0.25, 0.3) is 6.08 Å². The van der Waals surface area contributed by atoms with Gasteiger partial charge in [0.15, 0.2) is 16.7 Å². The molecule has 6 nitrogen and oxygen atoms in total. The zero-order valence-electron chi connectivity index (χ0n) is 17.8. The molecule has 0 bridgehead atoms. The Labute approximate surface area is 200 Å². The lowest BCUT2D eigenvalue weighted by Crippen LogP contribution is -2.19. The van der Waals surface area contributed by atoms with Crippen LogP contribution < -0.4 is 14.8 Å². The Bertz CT molecular complexity index is 1300. The van der Waals surface area contributed by atoms with E-state index < -0.39 is 5.97 Å². The Hall–Kier alpha value is -3.55. The summed E-state index contributed by atoms with van der Waals surface area (Å²) in [5.41, 5.74) is 2.78. The van der Waals surface area contributed by atoms with E-state index in [0.29, 0.717) is 26.4 Å². The van der Waals surface area contributed by atoms with Crippen LogP contribution in [0, 0.1) is 6.92 Å². The summed E-state index contributed by atoms with van der Waals surface area (Å²) in [5, 5.41) is 3.60. The fourth-order valence-corrected chi connectivity index (χ4v) is 4.12. The smallest absolute Gasteiger partial charge is 0.345 e. The van der Waals surface area contributed by atoms with Crippen LogP contribution in [0.4, 0.5) is 5.69 Å². The molecule has 0 spiro atoms. The highest BCUT2D eigenvalue weighted by Gasteiger charge is 2.24. The number of nitrogens with one attached hydrogen (secondary N) is 1. The van der Waals surface area contributed by atoms with Crippen LogP contribution in [0.2, 0.25) is 5.02 Å². The number of amidine groups is 1. The van der Waals surface area contributed by atoms with Crippen LogP contribution in [0.15, 0.2) is 76.6 Å². The van der Waals surface area contributed by atoms with Gasteiger partial charge in [-0.1, -0.05) is 48.0 Å². The van der Waals surface area contributed by atoms with Crippen LogP contribution in [-0.4, -0.2) is 24.2 Å². The molecular formula is C25H19ClN2O4S. The van der Waals surface area contributed by atoms with Crippen LogP contribution in [-0.2, 0) is 4.79 Å². The van der Waals surface area contributed by atoms with E-state index in [2.05, 4.69) is 10.3 Å². The highest BCUT2D eigenvalue weighted by atomic mass is 35.5. The molecule has 0 aliphatic carbocycles. The molecule has 0 radical (unpaired) electrons. The standard InChI is InChI=1S/C25H19ClN2O4S/c1-15-7-3-6-10-19(15)27-25-28-23(29)22(33-25)14-16-11-12-20(21(13-16)31-2)32-24(30)17-8-4-5-9-18(17)26/h3-14H,1-2H3,(H,27,28,29)/b22-14-. The van der Waals surface area contributed by atoms with Crippen LogP contribution in [0.3, 0.4) is 0 Å². The summed E-state index contributed by atoms with van der Waals surface area (Å²) >= 11 is 7.33. The number of para-hydroxylation sites is 1. The number of halogens is 1. The molecule has 3 aromatic rings. The van der Waals surface area contributed by atoms with E-state index >= 15 is 0 Å². The Morgan fingerprint density at radius 1 is 1.06 bits per heavy atom. The number of esters is 1. The molecule has 1 fully saturated rings. The Morgan fingerprint density at radius 2 is 1.82 bits per heavy atom. The Morgan fingerprint density at radius 3 is 2.58 bits per heavy atom. The summed E-state index contributed by atoms with van der Waals surface area (Å²) in [4.78, 5) is 29.9. The van der Waals surface area contributed by atoms with Gasteiger partial charge in [-0.3, -0.25) is 4.79 Å². The SMILES string of the molecule is COc1cc(/C=C2\SC(=Nc3ccccc3C)NC2=O)ccc1OC(=O)c1ccccc1Cl. The Kier molecular flexibility index (Phi) is 6.82. The molecule has 33 heavy (non-hydrogen) atoms. The summed E-state index contributed by atoms with van der Waals surface area (Å²) in [5.74, 6) is -0.231. The first-order chi connectivity index (χ1) is 15.9. The van der Waals surface area contributed by atoms with Crippen molar-refractivity contribution in [3.05, 3.63) is 93.3 Å². The number of carbonyl (C=O) groups is 2. The number of thioether (sulfide) groups is 1. The minimum absolute atomic E-state index is 0.236. The fraction of sp³-hybridized carbons (Fsp3) is 0.0800. The fourth-order valence-electron chi connectivity index (χ4n) is 3.07. The molecule has 0 saturated carbocycles. The lowest BCUT2D eigenvalue weighted by atomic mass is 10.1. The number of ether oxygens (including phenoxy) is 2. The largest absolute Gasteiger partial charge is 0.493 e. The molecule has 0 atom stereocenters. The number of carbonyl (C=O) groups excluding carboxylic acids is 2. The molecule has 1 aliphatic heterocycles. The third-order valence-electron chi connectivity index (χ3n) is 4.77. The van der Waals surface area contributed by atoms with Gasteiger partial charge in [-0.25, -0.2) is 9.79 Å². The maximum Gasteiger partial charge on any atom is 0.345 e. The molecule has 1 aliphatic rings. The van der Waals surface area contributed by atoms with E-state index in [9.17, 15) is 9.59 Å². The van der Waals surface area contributed by atoms with Gasteiger partial charge in [-0.05, 0) is 66.2 Å². The average Bonchev–Trinajstić information content (AvgIpc) is 3.15. The first kappa shape index (κ1) is 22.6. The number of hydrogen-bond acceptors (Lipinski definition) is 6. The van der Waals surface area contributed by atoms with Gasteiger partial charge in [0.1, 0.15) is 0 Å². The number of rotatable bonds is 5. The lowest BCUT2D eigenvalue weighted by molar-refractivity contribution is -0.115. The first-order valence-corrected chi connectivity index (χ1v) is 11.1. The molecule has 4 rings (SSSR count). The summed E-state index contributed by atoms with van der Waals surface area (Å²) in [7, 11) is 1.48. The number of aryl methyl sites for hydroxylation is 1. The van der Waals surface area contributed by atoms with E-state index in [0.717, 1.165) is 11.3 Å². The van der Waals surface area contributed by atoms with E-state index in [-0.39, 0.29) is 17.2 Å². The van der Waals surface area contributed by atoms with Gasteiger partial charge >= 0.3 is 5.97 Å². The monoisotopic (exact) mass is 478 g/mol. The molecule has 1 amide bonds. The van der Waals surface area contributed by atoms with Crippen molar-refractivity contribution in [1.82, 2.24) is 5.32 Å². The van der Waals surface area contributed by atoms with Gasteiger partial charge in [-0.2, -0.15) is 0 Å². The second-order valence-corrected chi connectivity index (χ2v) is 8.49. The van der Waals surface area contributed by atoms with E-state index in [1.807, 2.05) is 31.2 Å². The van der Waals surface area contributed by atoms with Crippen molar-refractivity contribution < 1.29 is 19.1 Å². The van der Waals surface area contributed by atoms with Gasteiger partial charge in [0.25, 0.3) is 5.91 Å². The predicted molar refractivity (Wildman–Crippen MR) is 131 cm³/mol. The maximum atomic E-state index is 12.5. The topological polar surface area (TPSA) is 77.0 Å². The zero-order valence-corrected chi connectivity index (χ0v) is 19.4. The summed E-state index contributed by atoms with van der Waals surface area (Å²) in [6, 6.07) is 19.4. The number of benzene rings is 3. The number of methoxy groups -OCH3 is 1.